The summed E-state index contributed by atoms with van der Waals surface area (Å²) in [5.41, 5.74) is 0. The van der Waals surface area contributed by atoms with Crippen LogP contribution in [0, 0.1) is 0 Å². The maximum absolute atomic E-state index is 5.44. The van der Waals surface area contributed by atoms with Crippen molar-refractivity contribution in [2.24, 2.45) is 0 Å². The Bertz CT molecular complexity index is 92.9. The van der Waals surface area contributed by atoms with Crippen LogP contribution in [0.25, 0.3) is 0 Å². The lowest BCUT2D eigenvalue weighted by molar-refractivity contribution is -0.161. The Hall–Kier alpha value is -0.120. The topological polar surface area (TPSA) is 30.5 Å². The molecule has 1 fully saturated rings. The standard InChI is InChI=1S/C8H17NO2.C2H6/c1-9-5-7-11-8-4-2-3-6-10-8;1-2/h8-9H,2-7H2,1H3;1-2H3. The molecular weight excluding hydrogens is 166 g/mol. The van der Waals surface area contributed by atoms with Crippen molar-refractivity contribution in [3.05, 3.63) is 0 Å². The van der Waals surface area contributed by atoms with E-state index < -0.39 is 0 Å². The molecule has 1 saturated heterocycles. The van der Waals surface area contributed by atoms with E-state index in [1.54, 1.807) is 0 Å². The van der Waals surface area contributed by atoms with Gasteiger partial charge in [-0.25, -0.2) is 0 Å². The summed E-state index contributed by atoms with van der Waals surface area (Å²) in [4.78, 5) is 0. The van der Waals surface area contributed by atoms with Gasteiger partial charge in [0, 0.05) is 13.2 Å². The van der Waals surface area contributed by atoms with Gasteiger partial charge in [-0.15, -0.1) is 0 Å². The number of ether oxygens (including phenoxy) is 2. The van der Waals surface area contributed by atoms with Crippen LogP contribution in [0.2, 0.25) is 0 Å². The highest BCUT2D eigenvalue weighted by Gasteiger charge is 2.12. The third-order valence-electron chi connectivity index (χ3n) is 1.79. The second kappa shape index (κ2) is 9.96. The maximum Gasteiger partial charge on any atom is 0.157 e. The number of hydrogen-bond acceptors (Lipinski definition) is 3. The SMILES string of the molecule is CC.CNCCOC1CCCCO1. The predicted molar refractivity (Wildman–Crippen MR) is 54.8 cm³/mol. The van der Waals surface area contributed by atoms with Crippen molar-refractivity contribution in [3.63, 3.8) is 0 Å². The van der Waals surface area contributed by atoms with Crippen LogP contribution in [0.15, 0.2) is 0 Å². The van der Waals surface area contributed by atoms with Crippen LogP contribution in [0.3, 0.4) is 0 Å². The summed E-state index contributed by atoms with van der Waals surface area (Å²) in [7, 11) is 1.92. The first-order valence-electron chi connectivity index (χ1n) is 5.31. The molecule has 1 aliphatic rings. The van der Waals surface area contributed by atoms with E-state index in [1.807, 2.05) is 20.9 Å². The van der Waals surface area contributed by atoms with Crippen molar-refractivity contribution >= 4 is 0 Å². The molecule has 0 aromatic carbocycles. The molecule has 0 bridgehead atoms. The molecule has 3 nitrogen and oxygen atoms in total. The average Bonchev–Trinajstić information content (AvgIpc) is 2.23. The molecule has 0 aromatic rings. The summed E-state index contributed by atoms with van der Waals surface area (Å²) in [6, 6.07) is 0. The highest BCUT2D eigenvalue weighted by molar-refractivity contribution is 4.54. The largest absolute Gasteiger partial charge is 0.353 e. The van der Waals surface area contributed by atoms with Gasteiger partial charge in [0.05, 0.1) is 6.61 Å². The van der Waals surface area contributed by atoms with E-state index in [2.05, 4.69) is 5.32 Å². The van der Waals surface area contributed by atoms with Gasteiger partial charge in [-0.05, 0) is 26.3 Å². The zero-order valence-electron chi connectivity index (χ0n) is 9.14. The number of nitrogens with one attached hydrogen (secondary N) is 1. The fraction of sp³-hybridized carbons (Fsp3) is 1.00. The molecule has 80 valence electrons. The minimum absolute atomic E-state index is 0.0668. The summed E-state index contributed by atoms with van der Waals surface area (Å²) in [5, 5.41) is 3.03. The Morgan fingerprint density at radius 2 is 2.15 bits per heavy atom. The van der Waals surface area contributed by atoms with Crippen molar-refractivity contribution in [3.8, 4) is 0 Å². The van der Waals surface area contributed by atoms with Gasteiger partial charge in [0.15, 0.2) is 6.29 Å². The van der Waals surface area contributed by atoms with Crippen molar-refractivity contribution in [1.82, 2.24) is 5.32 Å². The monoisotopic (exact) mass is 189 g/mol. The molecule has 0 amide bonds. The molecule has 1 rings (SSSR count). The van der Waals surface area contributed by atoms with Gasteiger partial charge in [-0.2, -0.15) is 0 Å². The minimum atomic E-state index is 0.0668. The summed E-state index contributed by atoms with van der Waals surface area (Å²) in [5.74, 6) is 0. The number of likely N-dealkylation sites (N-methyl/N-ethyl adjacent to an activating group) is 1. The average molecular weight is 189 g/mol. The second-order valence-electron chi connectivity index (χ2n) is 2.77. The fourth-order valence-electron chi connectivity index (χ4n) is 1.14. The molecule has 1 atom stereocenters. The molecule has 1 N–H and O–H groups in total. The lowest BCUT2D eigenvalue weighted by Gasteiger charge is -2.22. The van der Waals surface area contributed by atoms with Crippen molar-refractivity contribution < 1.29 is 9.47 Å². The summed E-state index contributed by atoms with van der Waals surface area (Å²) in [6.07, 6.45) is 3.55. The Morgan fingerprint density at radius 3 is 2.69 bits per heavy atom. The van der Waals surface area contributed by atoms with E-state index in [1.165, 1.54) is 12.8 Å². The molecule has 1 heterocycles. The molecule has 0 spiro atoms. The Balaban J connectivity index is 0.000000671. The molecule has 1 aliphatic heterocycles. The molecular formula is C10H23NO2. The van der Waals surface area contributed by atoms with E-state index in [-0.39, 0.29) is 6.29 Å². The maximum atomic E-state index is 5.44. The van der Waals surface area contributed by atoms with Crippen LogP contribution in [-0.2, 0) is 9.47 Å². The fourth-order valence-corrected chi connectivity index (χ4v) is 1.14. The second-order valence-corrected chi connectivity index (χ2v) is 2.77. The third kappa shape index (κ3) is 6.99. The van der Waals surface area contributed by atoms with Crippen molar-refractivity contribution in [1.29, 1.82) is 0 Å². The van der Waals surface area contributed by atoms with E-state index in [4.69, 9.17) is 9.47 Å². The zero-order chi connectivity index (χ0) is 9.94. The van der Waals surface area contributed by atoms with Crippen LogP contribution in [0.1, 0.15) is 33.1 Å². The lowest BCUT2D eigenvalue weighted by atomic mass is 10.2. The summed E-state index contributed by atoms with van der Waals surface area (Å²) >= 11 is 0. The first-order chi connectivity index (χ1) is 6.43. The van der Waals surface area contributed by atoms with Gasteiger partial charge in [0.1, 0.15) is 0 Å². The first kappa shape index (κ1) is 12.9. The third-order valence-corrected chi connectivity index (χ3v) is 1.79. The van der Waals surface area contributed by atoms with Gasteiger partial charge >= 0.3 is 0 Å². The minimum Gasteiger partial charge on any atom is -0.353 e. The number of hydrogen-bond donors (Lipinski definition) is 1. The van der Waals surface area contributed by atoms with Crippen LogP contribution < -0.4 is 5.32 Å². The quantitative estimate of drug-likeness (QED) is 0.684. The summed E-state index contributed by atoms with van der Waals surface area (Å²) < 4.78 is 10.8. The van der Waals surface area contributed by atoms with Gasteiger partial charge in [0.2, 0.25) is 0 Å². The molecule has 0 radical (unpaired) electrons. The summed E-state index contributed by atoms with van der Waals surface area (Å²) in [6.45, 7) is 6.52. The Morgan fingerprint density at radius 1 is 1.38 bits per heavy atom. The van der Waals surface area contributed by atoms with Crippen molar-refractivity contribution in [2.75, 3.05) is 26.8 Å². The molecule has 0 aromatic heterocycles. The molecule has 1 unspecified atom stereocenters. The highest BCUT2D eigenvalue weighted by Crippen LogP contribution is 2.12. The molecule has 13 heavy (non-hydrogen) atoms. The van der Waals surface area contributed by atoms with E-state index in [9.17, 15) is 0 Å². The normalized spacial score (nSPS) is 21.9. The predicted octanol–water partition coefficient (Wildman–Crippen LogP) is 1.78. The van der Waals surface area contributed by atoms with Crippen LogP contribution >= 0.6 is 0 Å². The Labute approximate surface area is 81.8 Å². The van der Waals surface area contributed by atoms with E-state index >= 15 is 0 Å². The highest BCUT2D eigenvalue weighted by atomic mass is 16.7. The molecule has 0 aliphatic carbocycles. The van der Waals surface area contributed by atoms with Gasteiger partial charge in [-0.3, -0.25) is 0 Å². The van der Waals surface area contributed by atoms with Crippen LogP contribution in [0.5, 0.6) is 0 Å². The van der Waals surface area contributed by atoms with E-state index in [0.29, 0.717) is 0 Å². The van der Waals surface area contributed by atoms with Gasteiger partial charge < -0.3 is 14.8 Å². The van der Waals surface area contributed by atoms with Gasteiger partial charge in [0.25, 0.3) is 0 Å². The first-order valence-corrected chi connectivity index (χ1v) is 5.31. The van der Waals surface area contributed by atoms with E-state index in [0.717, 1.165) is 26.2 Å². The Kier molecular flexibility index (Phi) is 9.87. The van der Waals surface area contributed by atoms with Crippen LogP contribution in [-0.4, -0.2) is 33.1 Å². The van der Waals surface area contributed by atoms with Crippen LogP contribution in [0.4, 0.5) is 0 Å². The molecule has 0 saturated carbocycles. The smallest absolute Gasteiger partial charge is 0.157 e. The molecule has 3 heteroatoms. The zero-order valence-corrected chi connectivity index (χ0v) is 9.14. The number of rotatable bonds is 4. The van der Waals surface area contributed by atoms with Gasteiger partial charge in [-0.1, -0.05) is 13.8 Å². The lowest BCUT2D eigenvalue weighted by Crippen LogP contribution is -2.25. The van der Waals surface area contributed by atoms with Crippen molar-refractivity contribution in [2.45, 2.75) is 39.4 Å².